The maximum absolute atomic E-state index is 17.0. The summed E-state index contributed by atoms with van der Waals surface area (Å²) in [6.45, 7) is 4.76. The Morgan fingerprint density at radius 1 is 1.15 bits per heavy atom. The Kier molecular flexibility index (Phi) is 6.62. The van der Waals surface area contributed by atoms with Gasteiger partial charge in [0, 0.05) is 71.6 Å². The molecule has 4 bridgehead atoms. The van der Waals surface area contributed by atoms with Crippen LogP contribution >= 0.6 is 11.6 Å². The summed E-state index contributed by atoms with van der Waals surface area (Å²) in [5.41, 5.74) is 1.32. The third-order valence-electron chi connectivity index (χ3n) is 10.8. The zero-order valence-corrected chi connectivity index (χ0v) is 26.2. The van der Waals surface area contributed by atoms with E-state index >= 15 is 4.39 Å². The van der Waals surface area contributed by atoms with Crippen molar-refractivity contribution in [2.24, 2.45) is 5.41 Å². The number of benzene rings is 3. The van der Waals surface area contributed by atoms with E-state index in [9.17, 15) is 5.11 Å². The average Bonchev–Trinajstić information content (AvgIpc) is 3.31. The topological polar surface area (TPSA) is 83.0 Å². The molecule has 2 unspecified atom stereocenters. The molecule has 4 atom stereocenters. The predicted molar refractivity (Wildman–Crippen MR) is 176 cm³/mol. The second-order valence-corrected chi connectivity index (χ2v) is 14.3. The number of anilines is 1. The second-order valence-electron chi connectivity index (χ2n) is 13.9. The monoisotopic (exact) mass is 639 g/mol. The summed E-state index contributed by atoms with van der Waals surface area (Å²) in [5, 5.41) is 16.4. The Morgan fingerprint density at radius 2 is 1.98 bits per heavy atom. The first-order chi connectivity index (χ1) is 22.4. The number of morpholine rings is 1. The third kappa shape index (κ3) is 4.77. The molecule has 2 N–H and O–H groups in total. The quantitative estimate of drug-likeness (QED) is 0.257. The molecular formula is C36H35ClFN5O3. The normalized spacial score (nSPS) is 26.2. The van der Waals surface area contributed by atoms with Gasteiger partial charge in [-0.3, -0.25) is 4.90 Å². The van der Waals surface area contributed by atoms with Gasteiger partial charge < -0.3 is 24.8 Å². The van der Waals surface area contributed by atoms with Crippen molar-refractivity contribution in [3.63, 3.8) is 0 Å². The van der Waals surface area contributed by atoms with Crippen LogP contribution in [0.25, 0.3) is 32.8 Å². The average molecular weight is 640 g/mol. The summed E-state index contributed by atoms with van der Waals surface area (Å²) in [6, 6.07) is 11.7. The maximum atomic E-state index is 17.0. The van der Waals surface area contributed by atoms with Crippen LogP contribution in [0.1, 0.15) is 37.7 Å². The molecule has 4 saturated heterocycles. The second kappa shape index (κ2) is 10.7. The van der Waals surface area contributed by atoms with E-state index in [1.165, 1.54) is 6.07 Å². The van der Waals surface area contributed by atoms with Gasteiger partial charge in [0.2, 0.25) is 0 Å². The lowest BCUT2D eigenvalue weighted by Gasteiger charge is -2.34. The highest BCUT2D eigenvalue weighted by Crippen LogP contribution is 2.49. The van der Waals surface area contributed by atoms with Crippen molar-refractivity contribution < 1.29 is 19.0 Å². The molecule has 0 radical (unpaired) electrons. The van der Waals surface area contributed by atoms with E-state index in [-0.39, 0.29) is 33.3 Å². The lowest BCUT2D eigenvalue weighted by molar-refractivity contribution is 0.0176. The number of aromatic nitrogens is 2. The van der Waals surface area contributed by atoms with Crippen LogP contribution in [0.4, 0.5) is 10.2 Å². The van der Waals surface area contributed by atoms with Gasteiger partial charge >= 0.3 is 6.01 Å². The summed E-state index contributed by atoms with van der Waals surface area (Å²) in [5.74, 6) is 2.73. The van der Waals surface area contributed by atoms with Crippen LogP contribution in [0.5, 0.6) is 11.8 Å². The summed E-state index contributed by atoms with van der Waals surface area (Å²) < 4.78 is 29.2. The molecule has 1 aliphatic carbocycles. The van der Waals surface area contributed by atoms with Crippen molar-refractivity contribution in [3.8, 4) is 35.2 Å². The van der Waals surface area contributed by atoms with Crippen LogP contribution < -0.4 is 15.0 Å². The lowest BCUT2D eigenvalue weighted by atomic mass is 9.93. The minimum atomic E-state index is -0.595. The SMILES string of the molecule is C#Cc1cccc2cc(O)cc(-c3c(Cl)cc4c(N5CC6CCC(C5)N6)nc(OCC5(CN6C[C@@H]7C[C@H]6CO7)CC5)nc4c3F)c12. The number of nitrogens with zero attached hydrogens (tertiary/aromatic N) is 4. The molecule has 5 aliphatic rings. The van der Waals surface area contributed by atoms with E-state index in [2.05, 4.69) is 21.0 Å². The number of hydrogen-bond acceptors (Lipinski definition) is 8. The van der Waals surface area contributed by atoms with E-state index in [0.717, 1.165) is 64.9 Å². The molecule has 10 heteroatoms. The van der Waals surface area contributed by atoms with Crippen molar-refractivity contribution in [1.82, 2.24) is 20.2 Å². The number of halogens is 2. The molecule has 1 saturated carbocycles. The lowest BCUT2D eigenvalue weighted by Crippen LogP contribution is -2.51. The number of hydrogen-bond donors (Lipinski definition) is 2. The number of ether oxygens (including phenoxy) is 2. The maximum Gasteiger partial charge on any atom is 0.319 e. The van der Waals surface area contributed by atoms with Gasteiger partial charge in [-0.15, -0.1) is 6.42 Å². The van der Waals surface area contributed by atoms with Crippen LogP contribution in [0.2, 0.25) is 5.02 Å². The van der Waals surface area contributed by atoms with Gasteiger partial charge in [-0.2, -0.15) is 9.97 Å². The van der Waals surface area contributed by atoms with Gasteiger partial charge in [0.25, 0.3) is 0 Å². The highest BCUT2D eigenvalue weighted by Gasteiger charge is 2.49. The molecule has 3 aromatic carbocycles. The van der Waals surface area contributed by atoms with Gasteiger partial charge in [-0.1, -0.05) is 29.7 Å². The number of fused-ring (bicyclic) bond motifs is 6. The van der Waals surface area contributed by atoms with Gasteiger partial charge in [0.05, 0.1) is 24.3 Å². The van der Waals surface area contributed by atoms with Crippen molar-refractivity contribution in [3.05, 3.63) is 52.8 Å². The fraction of sp³-hybridized carbons (Fsp3) is 0.444. The fourth-order valence-electron chi connectivity index (χ4n) is 8.26. The molecule has 4 aromatic rings. The van der Waals surface area contributed by atoms with Crippen molar-refractivity contribution in [2.45, 2.75) is 56.3 Å². The van der Waals surface area contributed by atoms with Gasteiger partial charge in [0.15, 0.2) is 5.82 Å². The zero-order chi connectivity index (χ0) is 31.2. The van der Waals surface area contributed by atoms with Gasteiger partial charge in [-0.05, 0) is 67.3 Å². The van der Waals surface area contributed by atoms with Crippen LogP contribution in [0.15, 0.2) is 36.4 Å². The molecule has 5 heterocycles. The summed E-state index contributed by atoms with van der Waals surface area (Å²) >= 11 is 6.94. The molecule has 0 spiro atoms. The molecule has 1 aromatic heterocycles. The minimum absolute atomic E-state index is 0.0107. The Morgan fingerprint density at radius 3 is 2.70 bits per heavy atom. The molecule has 8 nitrogen and oxygen atoms in total. The minimum Gasteiger partial charge on any atom is -0.508 e. The molecular weight excluding hydrogens is 605 g/mol. The molecule has 236 valence electrons. The Hall–Kier alpha value is -3.68. The van der Waals surface area contributed by atoms with Crippen LogP contribution in [-0.2, 0) is 4.74 Å². The van der Waals surface area contributed by atoms with E-state index in [1.54, 1.807) is 18.2 Å². The molecule has 46 heavy (non-hydrogen) atoms. The molecule has 4 aliphatic heterocycles. The summed E-state index contributed by atoms with van der Waals surface area (Å²) in [7, 11) is 0. The smallest absolute Gasteiger partial charge is 0.319 e. The number of likely N-dealkylation sites (tertiary alicyclic amines) is 1. The number of phenolic OH excluding ortho intramolecular Hbond substituents is 1. The van der Waals surface area contributed by atoms with Crippen molar-refractivity contribution in [2.75, 3.05) is 44.3 Å². The predicted octanol–water partition coefficient (Wildman–Crippen LogP) is 5.50. The largest absolute Gasteiger partial charge is 0.508 e. The Bertz CT molecular complexity index is 1930. The van der Waals surface area contributed by atoms with E-state index in [0.29, 0.717) is 63.9 Å². The van der Waals surface area contributed by atoms with E-state index in [1.807, 2.05) is 12.1 Å². The number of terminal acetylenes is 1. The first-order valence-electron chi connectivity index (χ1n) is 16.3. The standard InChI is InChI=1S/C36H35ClFN5O3/c1-2-20-4-3-5-21-10-25(44)12-27(30(20)21)31-29(37)13-28-33(32(31)38)40-35(41-34(28)42-14-22-6-7-23(15-42)39-22)46-19-36(8-9-36)18-43-16-26-11-24(43)17-45-26/h1,3-5,10,12-13,22-24,26,39,44H,6-9,11,14-19H2/t22?,23?,24-,26-/m0/s1. The first kappa shape index (κ1) is 28.5. The van der Waals surface area contributed by atoms with Crippen LogP contribution in [0, 0.1) is 23.6 Å². The van der Waals surface area contributed by atoms with Crippen molar-refractivity contribution in [1.29, 1.82) is 0 Å². The van der Waals surface area contributed by atoms with Crippen molar-refractivity contribution >= 4 is 39.1 Å². The number of rotatable bonds is 7. The van der Waals surface area contributed by atoms with E-state index in [4.69, 9.17) is 37.5 Å². The fourth-order valence-corrected chi connectivity index (χ4v) is 8.55. The van der Waals surface area contributed by atoms with Crippen LogP contribution in [0.3, 0.4) is 0 Å². The summed E-state index contributed by atoms with van der Waals surface area (Å²) in [4.78, 5) is 14.4. The molecule has 5 fully saturated rings. The van der Waals surface area contributed by atoms with E-state index < -0.39 is 5.82 Å². The number of piperazine rings is 1. The number of aromatic hydroxyl groups is 1. The highest BCUT2D eigenvalue weighted by molar-refractivity contribution is 6.35. The van der Waals surface area contributed by atoms with Crippen LogP contribution in [-0.4, -0.2) is 83.6 Å². The molecule has 0 amide bonds. The first-order valence-corrected chi connectivity index (χ1v) is 16.7. The zero-order valence-electron chi connectivity index (χ0n) is 25.4. The Balaban J connectivity index is 1.14. The van der Waals surface area contributed by atoms with Gasteiger partial charge in [-0.25, -0.2) is 4.39 Å². The number of phenols is 1. The highest BCUT2D eigenvalue weighted by atomic mass is 35.5. The Labute approximate surface area is 271 Å². The number of nitrogens with one attached hydrogen (secondary N) is 1. The van der Waals surface area contributed by atoms with Gasteiger partial charge in [0.1, 0.15) is 17.1 Å². The summed E-state index contributed by atoms with van der Waals surface area (Å²) in [6.07, 6.45) is 11.7. The molecule has 9 rings (SSSR count). The third-order valence-corrected chi connectivity index (χ3v) is 11.1.